The lowest BCUT2D eigenvalue weighted by Gasteiger charge is -2.32. The first-order chi connectivity index (χ1) is 20.7. The number of amides is 1. The van der Waals surface area contributed by atoms with E-state index < -0.39 is 5.91 Å². The molecule has 7 rings (SSSR count). The number of carbonyl (C=O) groups is 1. The Morgan fingerprint density at radius 1 is 1.07 bits per heavy atom. The maximum Gasteiger partial charge on any atom is 0.277 e. The number of aromatic nitrogens is 6. The number of hydrogen-bond acceptors (Lipinski definition) is 12. The molecule has 0 atom stereocenters. The van der Waals surface area contributed by atoms with Gasteiger partial charge in [0, 0.05) is 56.1 Å². The molecule has 216 valence electrons. The lowest BCUT2D eigenvalue weighted by Crippen LogP contribution is -2.37. The molecule has 4 N–H and O–H groups in total. The molecule has 4 aromatic heterocycles. The number of nitrogens with one attached hydrogen (secondary N) is 3. The molecule has 0 saturated carbocycles. The average Bonchev–Trinajstić information content (AvgIpc) is 3.71. The number of hydroxylamine groups is 1. The minimum Gasteiger partial charge on any atom is -0.378 e. The van der Waals surface area contributed by atoms with Gasteiger partial charge < -0.3 is 19.9 Å². The van der Waals surface area contributed by atoms with E-state index in [0.717, 1.165) is 83.1 Å². The fourth-order valence-electron chi connectivity index (χ4n) is 5.52. The van der Waals surface area contributed by atoms with E-state index >= 15 is 0 Å². The predicted molar refractivity (Wildman–Crippen MR) is 160 cm³/mol. The van der Waals surface area contributed by atoms with Gasteiger partial charge >= 0.3 is 0 Å². The number of piperidine rings is 1. The number of H-pyrrole nitrogens is 1. The maximum atomic E-state index is 11.5. The van der Waals surface area contributed by atoms with Crippen molar-refractivity contribution in [2.24, 2.45) is 5.92 Å². The van der Waals surface area contributed by atoms with Crippen LogP contribution in [0.25, 0.3) is 32.5 Å². The first-order valence-electron chi connectivity index (χ1n) is 14.0. The largest absolute Gasteiger partial charge is 0.378 e. The molecule has 42 heavy (non-hydrogen) atoms. The Labute approximate surface area is 244 Å². The highest BCUT2D eigenvalue weighted by Crippen LogP contribution is 2.38. The van der Waals surface area contributed by atoms with Crippen molar-refractivity contribution in [1.82, 2.24) is 35.6 Å². The molecular formula is C28H30N10O3S. The number of anilines is 3. The summed E-state index contributed by atoms with van der Waals surface area (Å²) in [6.07, 6.45) is 6.68. The van der Waals surface area contributed by atoms with Gasteiger partial charge in [0.2, 0.25) is 5.95 Å². The smallest absolute Gasteiger partial charge is 0.277 e. The first kappa shape index (κ1) is 26.5. The van der Waals surface area contributed by atoms with Crippen LogP contribution in [0, 0.1) is 5.92 Å². The third kappa shape index (κ3) is 5.19. The molecule has 1 amide bonds. The summed E-state index contributed by atoms with van der Waals surface area (Å²) in [4.78, 5) is 34.7. The van der Waals surface area contributed by atoms with Gasteiger partial charge in [0.25, 0.3) is 5.91 Å². The summed E-state index contributed by atoms with van der Waals surface area (Å²) in [5.74, 6) is 2.12. The number of thiophene rings is 1. The molecule has 2 aliphatic rings. The van der Waals surface area contributed by atoms with Crippen LogP contribution in [0.4, 0.5) is 16.8 Å². The molecule has 0 aliphatic carbocycles. The van der Waals surface area contributed by atoms with E-state index in [1.807, 2.05) is 24.4 Å². The van der Waals surface area contributed by atoms with Crippen LogP contribution in [0.3, 0.4) is 0 Å². The molecule has 0 spiro atoms. The molecule has 5 aromatic rings. The fourth-order valence-corrected chi connectivity index (χ4v) is 6.54. The van der Waals surface area contributed by atoms with Crippen molar-refractivity contribution < 1.29 is 14.7 Å². The number of fused-ring (bicyclic) bond motifs is 2. The Hall–Kier alpha value is -4.40. The SMILES string of the molecule is O=C(NO)c1cnc(N2CCC(CNc3cc4nc(-c5cccc6[nH]ncc56)nc(N5CCOCC5)c4s3)CC2)nc1. The standard InChI is InChI=1S/C28H30N10O3S/c39-27(36-40)18-14-30-28(31-15-18)38-6-4-17(5-7-38)13-29-23-12-22-24(42-23)26(37-8-10-41-11-9-37)34-25(33-22)19-2-1-3-21-20(19)16-32-35-21/h1-3,12,14-17,29,40H,4-11,13H2,(H,32,35)(H,36,39). The number of rotatable bonds is 7. The van der Waals surface area contributed by atoms with Crippen molar-refractivity contribution in [3.05, 3.63) is 48.4 Å². The Morgan fingerprint density at radius 3 is 2.67 bits per heavy atom. The number of nitrogens with zero attached hydrogens (tertiary/aromatic N) is 7. The molecule has 0 unspecified atom stereocenters. The average molecular weight is 587 g/mol. The second kappa shape index (κ2) is 11.5. The topological polar surface area (TPSA) is 157 Å². The van der Waals surface area contributed by atoms with Gasteiger partial charge in [-0.3, -0.25) is 15.1 Å². The van der Waals surface area contributed by atoms with Crippen LogP contribution >= 0.6 is 11.3 Å². The first-order valence-corrected chi connectivity index (χ1v) is 14.8. The Morgan fingerprint density at radius 2 is 1.88 bits per heavy atom. The summed E-state index contributed by atoms with van der Waals surface area (Å²) in [7, 11) is 0. The Balaban J connectivity index is 1.07. The van der Waals surface area contributed by atoms with Gasteiger partial charge in [-0.2, -0.15) is 5.10 Å². The molecule has 2 fully saturated rings. The summed E-state index contributed by atoms with van der Waals surface area (Å²) in [5.41, 5.74) is 4.67. The van der Waals surface area contributed by atoms with Gasteiger partial charge in [0.1, 0.15) is 0 Å². The highest BCUT2D eigenvalue weighted by atomic mass is 32.1. The summed E-state index contributed by atoms with van der Waals surface area (Å²) in [6.45, 7) is 5.48. The second-order valence-corrected chi connectivity index (χ2v) is 11.5. The molecule has 13 nitrogen and oxygen atoms in total. The van der Waals surface area contributed by atoms with Crippen LogP contribution in [-0.4, -0.2) is 87.2 Å². The van der Waals surface area contributed by atoms with Gasteiger partial charge in [0.15, 0.2) is 11.6 Å². The van der Waals surface area contributed by atoms with Gasteiger partial charge in [0.05, 0.1) is 45.7 Å². The van der Waals surface area contributed by atoms with Crippen molar-refractivity contribution in [2.75, 3.05) is 61.1 Å². The monoisotopic (exact) mass is 586 g/mol. The predicted octanol–water partition coefficient (Wildman–Crippen LogP) is 3.31. The van der Waals surface area contributed by atoms with Crippen LogP contribution in [0.1, 0.15) is 23.2 Å². The van der Waals surface area contributed by atoms with E-state index in [9.17, 15) is 4.79 Å². The summed E-state index contributed by atoms with van der Waals surface area (Å²) in [5, 5.41) is 21.8. The van der Waals surface area contributed by atoms with Crippen LogP contribution in [0.2, 0.25) is 0 Å². The van der Waals surface area contributed by atoms with Crippen molar-refractivity contribution in [1.29, 1.82) is 0 Å². The number of aromatic amines is 1. The maximum absolute atomic E-state index is 11.5. The number of carbonyl (C=O) groups excluding carboxylic acids is 1. The van der Waals surface area contributed by atoms with Crippen LogP contribution in [0.5, 0.6) is 0 Å². The molecule has 14 heteroatoms. The zero-order valence-corrected chi connectivity index (χ0v) is 23.6. The number of hydrogen-bond donors (Lipinski definition) is 4. The zero-order valence-electron chi connectivity index (χ0n) is 22.8. The van der Waals surface area contributed by atoms with E-state index in [1.165, 1.54) is 12.4 Å². The molecule has 6 heterocycles. The van der Waals surface area contributed by atoms with E-state index in [4.69, 9.17) is 19.9 Å². The molecular weight excluding hydrogens is 556 g/mol. The van der Waals surface area contributed by atoms with E-state index in [2.05, 4.69) is 41.3 Å². The van der Waals surface area contributed by atoms with Crippen LogP contribution in [-0.2, 0) is 4.74 Å². The molecule has 1 aromatic carbocycles. The Bertz CT molecular complexity index is 1710. The molecule has 2 saturated heterocycles. The van der Waals surface area contributed by atoms with Crippen molar-refractivity contribution in [3.8, 4) is 11.4 Å². The number of benzene rings is 1. The lowest BCUT2D eigenvalue weighted by atomic mass is 9.97. The third-order valence-electron chi connectivity index (χ3n) is 7.85. The van der Waals surface area contributed by atoms with Crippen molar-refractivity contribution in [3.63, 3.8) is 0 Å². The van der Waals surface area contributed by atoms with Crippen LogP contribution in [0.15, 0.2) is 42.9 Å². The minimum absolute atomic E-state index is 0.218. The van der Waals surface area contributed by atoms with Gasteiger partial charge in [-0.15, -0.1) is 11.3 Å². The highest BCUT2D eigenvalue weighted by Gasteiger charge is 2.23. The van der Waals surface area contributed by atoms with Crippen molar-refractivity contribution in [2.45, 2.75) is 12.8 Å². The number of morpholine rings is 1. The minimum atomic E-state index is -0.623. The Kier molecular flexibility index (Phi) is 7.23. The number of ether oxygens (including phenoxy) is 1. The molecule has 0 bridgehead atoms. The van der Waals surface area contributed by atoms with E-state index in [-0.39, 0.29) is 5.56 Å². The van der Waals surface area contributed by atoms with Crippen LogP contribution < -0.4 is 20.6 Å². The quantitative estimate of drug-likeness (QED) is 0.164. The zero-order chi connectivity index (χ0) is 28.5. The van der Waals surface area contributed by atoms with E-state index in [1.54, 1.807) is 16.8 Å². The van der Waals surface area contributed by atoms with E-state index in [0.29, 0.717) is 30.9 Å². The van der Waals surface area contributed by atoms with Gasteiger partial charge in [-0.25, -0.2) is 25.4 Å². The fraction of sp³-hybridized carbons (Fsp3) is 0.357. The lowest BCUT2D eigenvalue weighted by molar-refractivity contribution is 0.0705. The van der Waals surface area contributed by atoms with Gasteiger partial charge in [-0.05, 0) is 30.9 Å². The molecule has 2 aliphatic heterocycles. The summed E-state index contributed by atoms with van der Waals surface area (Å²) in [6, 6.07) is 8.19. The second-order valence-electron chi connectivity index (χ2n) is 10.5. The van der Waals surface area contributed by atoms with Gasteiger partial charge in [-0.1, -0.05) is 12.1 Å². The van der Waals surface area contributed by atoms with Crippen molar-refractivity contribution >= 4 is 55.1 Å². The summed E-state index contributed by atoms with van der Waals surface area (Å²) < 4.78 is 6.70. The summed E-state index contributed by atoms with van der Waals surface area (Å²) >= 11 is 1.70. The highest BCUT2D eigenvalue weighted by molar-refractivity contribution is 7.23. The third-order valence-corrected chi connectivity index (χ3v) is 8.93. The molecule has 0 radical (unpaired) electrons. The normalized spacial score (nSPS) is 16.3.